The number of ether oxygens (including phenoxy) is 4. The van der Waals surface area contributed by atoms with Crippen molar-refractivity contribution in [2.24, 2.45) is 5.41 Å². The van der Waals surface area contributed by atoms with Crippen molar-refractivity contribution in [3.63, 3.8) is 0 Å². The molecule has 5 aromatic rings. The summed E-state index contributed by atoms with van der Waals surface area (Å²) in [6, 6.07) is 6.02. The Labute approximate surface area is 452 Å². The van der Waals surface area contributed by atoms with E-state index in [1.807, 2.05) is 69.0 Å². The number of aliphatic hydroxyl groups is 2. The molecule has 6 rings (SSSR count). The van der Waals surface area contributed by atoms with Crippen molar-refractivity contribution in [2.45, 2.75) is 117 Å². The number of nitrogens with one attached hydrogen (secondary N) is 4. The third kappa shape index (κ3) is 17.7. The second kappa shape index (κ2) is 28.7. The highest BCUT2D eigenvalue weighted by molar-refractivity contribution is 7.13. The lowest BCUT2D eigenvalue weighted by molar-refractivity contribution is -0.144. The number of nitrogen functional groups attached to an aromatic ring is 1. The first-order valence-corrected chi connectivity index (χ1v) is 26.8. The van der Waals surface area contributed by atoms with Crippen LogP contribution in [-0.2, 0) is 46.5 Å². The first kappa shape index (κ1) is 59.7. The molecular formula is C53H74N12O11S. The molecule has 1 aromatic carbocycles. The van der Waals surface area contributed by atoms with Crippen LogP contribution in [0.4, 0.5) is 5.82 Å². The summed E-state index contributed by atoms with van der Waals surface area (Å²) in [4.78, 5) is 68.8. The lowest BCUT2D eigenvalue weighted by Gasteiger charge is -2.35. The standard InChI is InChI=1S/C53H74N12O11S/c1-8-64-45-40(31-57-38(16-18-53(6,7)71)43(45)61-49(64)44-48(54)63-76-62-44)75-22-10-20-55-19-9-11-41(67)56-21-24-73-26-28-74-27-25-72-23-17-42(68)60-47(52(3,4)5)51(70)65-32-37(66)29-39(65)50(69)58-30-35-12-14-36(15-13-35)46-34(2)59-33-77-46/h12-15,31,33,37,39,47,55,66,71H,8-11,17,19-30,32H2,1-7H3,(H2,54,63)(H,56,67)(H,58,69)(H,60,68). The number of benzene rings is 1. The molecule has 418 valence electrons. The van der Waals surface area contributed by atoms with Gasteiger partial charge in [-0.2, -0.15) is 0 Å². The Bertz CT molecular complexity index is 2790. The van der Waals surface area contributed by atoms with E-state index in [2.05, 4.69) is 53.4 Å². The molecule has 1 saturated heterocycles. The number of anilines is 1. The minimum atomic E-state index is -1.23. The van der Waals surface area contributed by atoms with Crippen molar-refractivity contribution in [2.75, 3.05) is 78.2 Å². The van der Waals surface area contributed by atoms with Gasteiger partial charge in [-0.3, -0.25) is 19.2 Å². The first-order chi connectivity index (χ1) is 36.8. The maximum atomic E-state index is 14.0. The van der Waals surface area contributed by atoms with Crippen molar-refractivity contribution in [1.82, 2.24) is 56.0 Å². The fourth-order valence-electron chi connectivity index (χ4n) is 8.31. The number of nitrogens with two attached hydrogens (primary N) is 1. The fraction of sp³-hybridized carbons (Fsp3) is 0.566. The number of hydrogen-bond acceptors (Lipinski definition) is 19. The molecule has 4 amide bonds. The Kier molecular flexibility index (Phi) is 22.2. The van der Waals surface area contributed by atoms with Gasteiger partial charge in [0.25, 0.3) is 0 Å². The number of nitrogens with zero attached hydrogens (tertiary/aromatic N) is 7. The predicted octanol–water partition coefficient (Wildman–Crippen LogP) is 3.14. The summed E-state index contributed by atoms with van der Waals surface area (Å²) < 4.78 is 29.6. The third-order valence-corrected chi connectivity index (χ3v) is 13.3. The molecule has 1 fully saturated rings. The van der Waals surface area contributed by atoms with E-state index in [1.165, 1.54) is 4.90 Å². The van der Waals surface area contributed by atoms with Gasteiger partial charge in [0, 0.05) is 45.4 Å². The van der Waals surface area contributed by atoms with Crippen molar-refractivity contribution in [3.05, 3.63) is 52.9 Å². The lowest BCUT2D eigenvalue weighted by Crippen LogP contribution is -2.57. The highest BCUT2D eigenvalue weighted by Gasteiger charge is 2.44. The van der Waals surface area contributed by atoms with Crippen LogP contribution in [0.25, 0.3) is 33.0 Å². The number of thiazole rings is 1. The van der Waals surface area contributed by atoms with Crippen LogP contribution in [0.3, 0.4) is 0 Å². The molecule has 8 N–H and O–H groups in total. The number of aliphatic hydroxyl groups excluding tert-OH is 1. The molecule has 3 atom stereocenters. The molecule has 0 spiro atoms. The molecule has 3 unspecified atom stereocenters. The van der Waals surface area contributed by atoms with Gasteiger partial charge in [-0.15, -0.1) is 11.3 Å². The molecule has 1 aliphatic heterocycles. The van der Waals surface area contributed by atoms with Crippen LogP contribution in [-0.4, -0.2) is 165 Å². The molecule has 0 aliphatic carbocycles. The Morgan fingerprint density at radius 1 is 0.909 bits per heavy atom. The summed E-state index contributed by atoms with van der Waals surface area (Å²) in [5, 5.41) is 40.3. The van der Waals surface area contributed by atoms with E-state index in [1.54, 1.807) is 31.4 Å². The smallest absolute Gasteiger partial charge is 0.246 e. The number of amides is 4. The van der Waals surface area contributed by atoms with Gasteiger partial charge >= 0.3 is 0 Å². The average Bonchev–Trinajstić information content (AvgIpc) is 4.23. The lowest BCUT2D eigenvalue weighted by atomic mass is 9.85. The first-order valence-electron chi connectivity index (χ1n) is 26.0. The van der Waals surface area contributed by atoms with E-state index in [4.69, 9.17) is 34.3 Å². The maximum Gasteiger partial charge on any atom is 0.246 e. The number of β-amino-alcohol motifs (C(OH)–C–C–N with tert-alkyl or cyclic N) is 1. The monoisotopic (exact) mass is 1090 g/mol. The third-order valence-electron chi connectivity index (χ3n) is 12.3. The molecule has 24 heteroatoms. The number of likely N-dealkylation sites (tertiary alicyclic amines) is 1. The van der Waals surface area contributed by atoms with Crippen molar-refractivity contribution < 1.29 is 53.0 Å². The molecule has 4 aromatic heterocycles. The highest BCUT2D eigenvalue weighted by atomic mass is 32.1. The molecule has 23 nitrogen and oxygen atoms in total. The Morgan fingerprint density at radius 3 is 2.29 bits per heavy atom. The minimum Gasteiger partial charge on any atom is -0.490 e. The van der Waals surface area contributed by atoms with Gasteiger partial charge in [0.05, 0.1) is 74.6 Å². The van der Waals surface area contributed by atoms with E-state index < -0.39 is 35.1 Å². The molecule has 5 heterocycles. The van der Waals surface area contributed by atoms with Crippen molar-refractivity contribution in [3.8, 4) is 39.5 Å². The van der Waals surface area contributed by atoms with Crippen molar-refractivity contribution in [1.29, 1.82) is 0 Å². The number of hydrogen-bond donors (Lipinski definition) is 7. The topological polar surface area (TPSA) is 306 Å². The number of carbonyl (C=O) groups is 4. The number of aromatic nitrogens is 6. The normalized spacial score (nSPS) is 15.1. The van der Waals surface area contributed by atoms with Crippen LogP contribution >= 0.6 is 11.3 Å². The zero-order valence-corrected chi connectivity index (χ0v) is 45.9. The van der Waals surface area contributed by atoms with E-state index in [0.29, 0.717) is 100 Å². The van der Waals surface area contributed by atoms with E-state index in [0.717, 1.165) is 21.7 Å². The number of imidazole rings is 1. The van der Waals surface area contributed by atoms with Crippen LogP contribution in [0.2, 0.25) is 0 Å². The summed E-state index contributed by atoms with van der Waals surface area (Å²) in [6.07, 6.45) is 2.52. The van der Waals surface area contributed by atoms with E-state index >= 15 is 0 Å². The molecule has 0 saturated carbocycles. The summed E-state index contributed by atoms with van der Waals surface area (Å²) in [6.45, 7) is 17.0. The van der Waals surface area contributed by atoms with Gasteiger partial charge in [-0.1, -0.05) is 51.0 Å². The van der Waals surface area contributed by atoms with Crippen LogP contribution in [0.1, 0.15) is 90.6 Å². The quantitative estimate of drug-likeness (QED) is 0.0267. The largest absolute Gasteiger partial charge is 0.490 e. The Hall–Kier alpha value is -6.59. The van der Waals surface area contributed by atoms with Gasteiger partial charge in [0.2, 0.25) is 23.6 Å². The summed E-state index contributed by atoms with van der Waals surface area (Å²) >= 11 is 1.57. The van der Waals surface area contributed by atoms with Crippen molar-refractivity contribution >= 4 is 51.8 Å². The van der Waals surface area contributed by atoms with Crippen LogP contribution in [0, 0.1) is 24.2 Å². The van der Waals surface area contributed by atoms with Crippen LogP contribution < -0.4 is 31.7 Å². The molecule has 0 bridgehead atoms. The minimum absolute atomic E-state index is 0.00794. The summed E-state index contributed by atoms with van der Waals surface area (Å²) in [7, 11) is 0. The molecule has 77 heavy (non-hydrogen) atoms. The predicted molar refractivity (Wildman–Crippen MR) is 288 cm³/mol. The van der Waals surface area contributed by atoms with Crippen LogP contribution in [0.5, 0.6) is 5.75 Å². The number of carbonyl (C=O) groups excluding carboxylic acids is 4. The molecular weight excluding hydrogens is 1010 g/mol. The average molecular weight is 1090 g/mol. The second-order valence-corrected chi connectivity index (χ2v) is 20.9. The Balaban J connectivity index is 0.779. The van der Waals surface area contributed by atoms with Gasteiger partial charge in [-0.25, -0.2) is 19.6 Å². The number of aryl methyl sites for hydroxylation is 2. The summed E-state index contributed by atoms with van der Waals surface area (Å²) in [5.74, 6) is 5.48. The van der Waals surface area contributed by atoms with Gasteiger partial charge in [0.1, 0.15) is 34.4 Å². The number of fused-ring (bicyclic) bond motifs is 1. The van der Waals surface area contributed by atoms with Crippen LogP contribution in [0.15, 0.2) is 40.6 Å². The van der Waals surface area contributed by atoms with E-state index in [9.17, 15) is 29.4 Å². The SMILES string of the molecule is CCn1c(-c2nonc2N)nc2c(C#CC(C)(C)O)ncc(OCCCNCCCC(=O)NCCOCCOCCOCCC(=O)NC(C(=O)N3CC(O)CC3C(=O)NCc3ccc(-c4scnc4C)cc3)C(C)(C)C)c21. The zero-order chi connectivity index (χ0) is 55.5. The summed E-state index contributed by atoms with van der Waals surface area (Å²) in [5.41, 5.74) is 10.5. The van der Waals surface area contributed by atoms with Gasteiger partial charge in [-0.05, 0) is 86.4 Å². The van der Waals surface area contributed by atoms with Gasteiger partial charge in [0.15, 0.2) is 23.1 Å². The highest BCUT2D eigenvalue weighted by Crippen LogP contribution is 2.34. The Morgan fingerprint density at radius 2 is 1.62 bits per heavy atom. The number of rotatable bonds is 29. The second-order valence-electron chi connectivity index (χ2n) is 20.1. The van der Waals surface area contributed by atoms with Gasteiger partial charge < -0.3 is 65.6 Å². The number of pyridine rings is 1. The zero-order valence-electron chi connectivity index (χ0n) is 45.1. The maximum absolute atomic E-state index is 14.0. The molecule has 1 aliphatic rings. The fourth-order valence-corrected chi connectivity index (χ4v) is 9.12. The molecule has 0 radical (unpaired) electrons. The van der Waals surface area contributed by atoms with E-state index in [-0.39, 0.29) is 75.0 Å².